The summed E-state index contributed by atoms with van der Waals surface area (Å²) in [7, 11) is 1.64. The summed E-state index contributed by atoms with van der Waals surface area (Å²) in [5.41, 5.74) is 0. The average molecular weight is 203 g/mol. The largest absolute Gasteiger partial charge is 0.383 e. The first-order valence-corrected chi connectivity index (χ1v) is 4.21. The zero-order chi connectivity index (χ0) is 9.68. The van der Waals surface area contributed by atoms with Crippen molar-refractivity contribution in [3.63, 3.8) is 0 Å². The van der Waals surface area contributed by atoms with E-state index in [-0.39, 0.29) is 11.3 Å². The van der Waals surface area contributed by atoms with Gasteiger partial charge in [-0.1, -0.05) is 0 Å². The SMILES string of the molecule is COCC(C)Nc1cnnc(Cl)n1. The molecule has 1 atom stereocenters. The summed E-state index contributed by atoms with van der Waals surface area (Å²) in [4.78, 5) is 3.92. The van der Waals surface area contributed by atoms with E-state index < -0.39 is 0 Å². The van der Waals surface area contributed by atoms with Crippen molar-refractivity contribution in [2.24, 2.45) is 0 Å². The van der Waals surface area contributed by atoms with Crippen LogP contribution >= 0.6 is 11.6 Å². The van der Waals surface area contributed by atoms with Gasteiger partial charge in [0.05, 0.1) is 12.8 Å². The van der Waals surface area contributed by atoms with E-state index in [1.165, 1.54) is 6.20 Å². The van der Waals surface area contributed by atoms with Crippen LogP contribution in [-0.4, -0.2) is 34.9 Å². The van der Waals surface area contributed by atoms with Crippen LogP contribution in [0.1, 0.15) is 6.92 Å². The lowest BCUT2D eigenvalue weighted by Crippen LogP contribution is -2.21. The van der Waals surface area contributed by atoms with Crippen molar-refractivity contribution in [2.45, 2.75) is 13.0 Å². The summed E-state index contributed by atoms with van der Waals surface area (Å²) < 4.78 is 4.95. The number of ether oxygens (including phenoxy) is 1. The highest BCUT2D eigenvalue weighted by atomic mass is 35.5. The van der Waals surface area contributed by atoms with Gasteiger partial charge >= 0.3 is 0 Å². The van der Waals surface area contributed by atoms with Crippen molar-refractivity contribution in [3.05, 3.63) is 11.5 Å². The molecule has 0 saturated heterocycles. The summed E-state index contributed by atoms with van der Waals surface area (Å²) in [6, 6.07) is 0.165. The molecule has 1 heterocycles. The Kier molecular flexibility index (Phi) is 3.85. The monoisotopic (exact) mass is 202 g/mol. The molecule has 0 aliphatic rings. The third-order valence-corrected chi connectivity index (χ3v) is 1.50. The smallest absolute Gasteiger partial charge is 0.244 e. The highest BCUT2D eigenvalue weighted by Gasteiger charge is 2.02. The number of nitrogens with zero attached hydrogens (tertiary/aromatic N) is 3. The number of hydrogen-bond donors (Lipinski definition) is 1. The quantitative estimate of drug-likeness (QED) is 0.789. The van der Waals surface area contributed by atoms with Crippen molar-refractivity contribution in [1.29, 1.82) is 0 Å². The maximum absolute atomic E-state index is 5.55. The van der Waals surface area contributed by atoms with Crippen LogP contribution in [0.25, 0.3) is 0 Å². The molecule has 6 heteroatoms. The Morgan fingerprint density at radius 3 is 3.08 bits per heavy atom. The topological polar surface area (TPSA) is 59.9 Å². The van der Waals surface area contributed by atoms with Crippen LogP contribution in [0.3, 0.4) is 0 Å². The van der Waals surface area contributed by atoms with Crippen LogP contribution < -0.4 is 5.32 Å². The number of halogens is 1. The van der Waals surface area contributed by atoms with Gasteiger partial charge in [0.25, 0.3) is 0 Å². The second-order valence-electron chi connectivity index (χ2n) is 2.61. The average Bonchev–Trinajstić information content (AvgIpc) is 2.04. The maximum Gasteiger partial charge on any atom is 0.244 e. The molecule has 0 saturated carbocycles. The van der Waals surface area contributed by atoms with Crippen LogP contribution in [0.4, 0.5) is 5.82 Å². The molecule has 0 aromatic carbocycles. The molecule has 1 rings (SSSR count). The molecule has 1 aromatic rings. The number of rotatable bonds is 4. The minimum absolute atomic E-state index is 0.134. The molecule has 0 bridgehead atoms. The van der Waals surface area contributed by atoms with Crippen LogP contribution in [0, 0.1) is 0 Å². The zero-order valence-electron chi connectivity index (χ0n) is 7.49. The van der Waals surface area contributed by atoms with Gasteiger partial charge in [-0.3, -0.25) is 0 Å². The van der Waals surface area contributed by atoms with E-state index in [2.05, 4.69) is 20.5 Å². The normalized spacial score (nSPS) is 12.5. The lowest BCUT2D eigenvalue weighted by molar-refractivity contribution is 0.190. The Hall–Kier alpha value is -0.940. The van der Waals surface area contributed by atoms with Crippen LogP contribution in [0.2, 0.25) is 5.28 Å². The zero-order valence-corrected chi connectivity index (χ0v) is 8.25. The van der Waals surface area contributed by atoms with Gasteiger partial charge in [0.2, 0.25) is 5.28 Å². The molecule has 0 aliphatic heterocycles. The molecule has 5 nitrogen and oxygen atoms in total. The molecular formula is C7H11ClN4O. The Morgan fingerprint density at radius 2 is 2.46 bits per heavy atom. The van der Waals surface area contributed by atoms with Gasteiger partial charge in [-0.15, -0.1) is 5.10 Å². The highest BCUT2D eigenvalue weighted by Crippen LogP contribution is 2.05. The fourth-order valence-electron chi connectivity index (χ4n) is 0.895. The Bertz CT molecular complexity index is 270. The molecule has 1 aromatic heterocycles. The first kappa shape index (κ1) is 10.1. The number of anilines is 1. The van der Waals surface area contributed by atoms with Crippen LogP contribution in [0.15, 0.2) is 6.20 Å². The Labute approximate surface area is 81.5 Å². The van der Waals surface area contributed by atoms with Gasteiger partial charge in [0.15, 0.2) is 0 Å². The predicted molar refractivity (Wildman–Crippen MR) is 49.8 cm³/mol. The van der Waals surface area contributed by atoms with E-state index in [0.717, 1.165) is 0 Å². The fourth-order valence-corrected chi connectivity index (χ4v) is 1.03. The summed E-state index contributed by atoms with van der Waals surface area (Å²) in [6.07, 6.45) is 1.51. The Balaban J connectivity index is 2.53. The molecule has 0 radical (unpaired) electrons. The fraction of sp³-hybridized carbons (Fsp3) is 0.571. The molecule has 1 N–H and O–H groups in total. The predicted octanol–water partition coefficient (Wildman–Crippen LogP) is 0.972. The van der Waals surface area contributed by atoms with Crippen LogP contribution in [0.5, 0.6) is 0 Å². The van der Waals surface area contributed by atoms with Crippen molar-refractivity contribution in [2.75, 3.05) is 19.0 Å². The van der Waals surface area contributed by atoms with E-state index >= 15 is 0 Å². The number of hydrogen-bond acceptors (Lipinski definition) is 5. The third-order valence-electron chi connectivity index (χ3n) is 1.34. The van der Waals surface area contributed by atoms with Gasteiger partial charge in [-0.2, -0.15) is 10.1 Å². The number of aromatic nitrogens is 3. The van der Waals surface area contributed by atoms with Gasteiger partial charge in [-0.05, 0) is 18.5 Å². The molecule has 13 heavy (non-hydrogen) atoms. The first-order chi connectivity index (χ1) is 6.22. The van der Waals surface area contributed by atoms with Crippen LogP contribution in [-0.2, 0) is 4.74 Å². The summed E-state index contributed by atoms with van der Waals surface area (Å²) >= 11 is 5.55. The van der Waals surface area contributed by atoms with E-state index in [9.17, 15) is 0 Å². The molecular weight excluding hydrogens is 192 g/mol. The van der Waals surface area contributed by atoms with E-state index in [1.54, 1.807) is 7.11 Å². The summed E-state index contributed by atoms with van der Waals surface area (Å²) in [5, 5.41) is 10.4. The van der Waals surface area contributed by atoms with Gasteiger partial charge in [-0.25, -0.2) is 0 Å². The highest BCUT2D eigenvalue weighted by molar-refractivity contribution is 6.28. The van der Waals surface area contributed by atoms with Crippen molar-refractivity contribution in [1.82, 2.24) is 15.2 Å². The lowest BCUT2D eigenvalue weighted by atomic mass is 10.3. The second-order valence-corrected chi connectivity index (χ2v) is 2.95. The summed E-state index contributed by atoms with van der Waals surface area (Å²) in [5.74, 6) is 0.601. The standard InChI is InChI=1S/C7H11ClN4O/c1-5(4-13-2)10-6-3-9-12-7(8)11-6/h3,5H,4H2,1-2H3,(H,10,11,12). The molecule has 72 valence electrons. The molecule has 1 unspecified atom stereocenters. The van der Waals surface area contributed by atoms with Crippen molar-refractivity contribution < 1.29 is 4.74 Å². The molecule has 0 amide bonds. The lowest BCUT2D eigenvalue weighted by Gasteiger charge is -2.12. The Morgan fingerprint density at radius 1 is 1.69 bits per heavy atom. The molecule has 0 spiro atoms. The molecule has 0 aliphatic carbocycles. The first-order valence-electron chi connectivity index (χ1n) is 3.83. The second kappa shape index (κ2) is 4.94. The van der Waals surface area contributed by atoms with Crippen molar-refractivity contribution >= 4 is 17.4 Å². The van der Waals surface area contributed by atoms with Gasteiger partial charge in [0.1, 0.15) is 5.82 Å². The van der Waals surface area contributed by atoms with Crippen molar-refractivity contribution in [3.8, 4) is 0 Å². The number of methoxy groups -OCH3 is 1. The maximum atomic E-state index is 5.55. The minimum Gasteiger partial charge on any atom is -0.383 e. The van der Waals surface area contributed by atoms with E-state index in [0.29, 0.717) is 12.4 Å². The summed E-state index contributed by atoms with van der Waals surface area (Å²) in [6.45, 7) is 2.57. The van der Waals surface area contributed by atoms with E-state index in [1.807, 2.05) is 6.92 Å². The number of nitrogens with one attached hydrogen (secondary N) is 1. The van der Waals surface area contributed by atoms with E-state index in [4.69, 9.17) is 16.3 Å². The minimum atomic E-state index is 0.134. The third kappa shape index (κ3) is 3.52. The molecule has 0 fully saturated rings. The van der Waals surface area contributed by atoms with Gasteiger partial charge in [0, 0.05) is 13.2 Å². The van der Waals surface area contributed by atoms with Gasteiger partial charge < -0.3 is 10.1 Å².